The van der Waals surface area contributed by atoms with Gasteiger partial charge in [0.25, 0.3) is 5.91 Å². The molecule has 0 atom stereocenters. The quantitative estimate of drug-likeness (QED) is 0.309. The summed E-state index contributed by atoms with van der Waals surface area (Å²) in [6, 6.07) is 19.4. The number of carbonyl (C=O) groups is 2. The lowest BCUT2D eigenvalue weighted by Crippen LogP contribution is -2.28. The summed E-state index contributed by atoms with van der Waals surface area (Å²) >= 11 is 10.7. The largest absolute Gasteiger partial charge is 0.488 e. The summed E-state index contributed by atoms with van der Waals surface area (Å²) < 4.78 is 6.67. The van der Waals surface area contributed by atoms with Crippen LogP contribution in [0.15, 0.2) is 81.1 Å². The predicted molar refractivity (Wildman–Crippen MR) is 143 cm³/mol. The Balaban J connectivity index is 1.52. The van der Waals surface area contributed by atoms with Crippen molar-refractivity contribution < 1.29 is 19.4 Å². The first kappa shape index (κ1) is 25.0. The third-order valence-electron chi connectivity index (χ3n) is 5.08. The van der Waals surface area contributed by atoms with Crippen molar-refractivity contribution in [2.24, 2.45) is 4.99 Å². The van der Waals surface area contributed by atoms with Crippen molar-refractivity contribution in [3.63, 3.8) is 0 Å². The molecule has 1 fully saturated rings. The second-order valence-electron chi connectivity index (χ2n) is 7.51. The summed E-state index contributed by atoms with van der Waals surface area (Å²) in [6.07, 6.45) is 1.81. The lowest BCUT2D eigenvalue weighted by atomic mass is 10.2. The molecule has 1 amide bonds. The smallest absolute Gasteiger partial charge is 0.335 e. The average Bonchev–Trinajstić information content (AvgIpc) is 3.13. The molecule has 3 aromatic rings. The van der Waals surface area contributed by atoms with Crippen molar-refractivity contribution in [2.75, 3.05) is 6.54 Å². The summed E-state index contributed by atoms with van der Waals surface area (Å²) in [7, 11) is 0. The Bertz CT molecular complexity index is 1340. The highest BCUT2D eigenvalue weighted by atomic mass is 79.9. The van der Waals surface area contributed by atoms with Gasteiger partial charge in [0.1, 0.15) is 12.4 Å². The molecule has 1 N–H and O–H groups in total. The van der Waals surface area contributed by atoms with E-state index in [4.69, 9.17) is 16.3 Å². The van der Waals surface area contributed by atoms with Crippen molar-refractivity contribution in [3.8, 4) is 5.75 Å². The van der Waals surface area contributed by atoms with Crippen molar-refractivity contribution in [1.82, 2.24) is 4.90 Å². The number of rotatable bonds is 7. The monoisotopic (exact) mass is 570 g/mol. The number of hydrogen-bond donors (Lipinski definition) is 1. The van der Waals surface area contributed by atoms with Crippen molar-refractivity contribution in [2.45, 2.75) is 13.5 Å². The molecule has 0 spiro atoms. The van der Waals surface area contributed by atoms with E-state index in [2.05, 4.69) is 20.9 Å². The topological polar surface area (TPSA) is 79.2 Å². The van der Waals surface area contributed by atoms with Crippen LogP contribution in [0.5, 0.6) is 5.75 Å². The van der Waals surface area contributed by atoms with Gasteiger partial charge in [0.05, 0.1) is 20.6 Å². The van der Waals surface area contributed by atoms with Gasteiger partial charge in [-0.3, -0.25) is 9.69 Å². The molecule has 0 saturated carbocycles. The van der Waals surface area contributed by atoms with Gasteiger partial charge in [0, 0.05) is 11.6 Å². The van der Waals surface area contributed by atoms with Gasteiger partial charge in [0.15, 0.2) is 5.17 Å². The number of hydrogen-bond acceptors (Lipinski definition) is 5. The number of nitrogens with zero attached hydrogens (tertiary/aromatic N) is 2. The van der Waals surface area contributed by atoms with Crippen LogP contribution in [0.3, 0.4) is 0 Å². The van der Waals surface area contributed by atoms with E-state index < -0.39 is 5.97 Å². The number of amidine groups is 1. The maximum absolute atomic E-state index is 13.0. The number of ether oxygens (including phenoxy) is 1. The number of amides is 1. The molecular weight excluding hydrogens is 552 g/mol. The molecule has 6 nitrogen and oxygen atoms in total. The second-order valence-corrected chi connectivity index (χ2v) is 9.81. The molecule has 1 aliphatic rings. The van der Waals surface area contributed by atoms with E-state index in [1.54, 1.807) is 23.1 Å². The number of aromatic carboxylic acids is 1. The van der Waals surface area contributed by atoms with Crippen LogP contribution in [-0.2, 0) is 11.4 Å². The van der Waals surface area contributed by atoms with Crippen molar-refractivity contribution in [3.05, 3.63) is 97.8 Å². The fraction of sp³-hybridized carbons (Fsp3) is 0.115. The fourth-order valence-corrected chi connectivity index (χ4v) is 5.01. The summed E-state index contributed by atoms with van der Waals surface area (Å²) in [4.78, 5) is 30.8. The van der Waals surface area contributed by atoms with E-state index >= 15 is 0 Å². The minimum atomic E-state index is -1.03. The van der Waals surface area contributed by atoms with Crippen LogP contribution >= 0.6 is 39.3 Å². The lowest BCUT2D eigenvalue weighted by Gasteiger charge is -2.12. The highest BCUT2D eigenvalue weighted by Crippen LogP contribution is 2.35. The Morgan fingerprint density at radius 3 is 2.63 bits per heavy atom. The number of benzene rings is 3. The van der Waals surface area contributed by atoms with Crippen molar-refractivity contribution in [1.29, 1.82) is 0 Å². The summed E-state index contributed by atoms with van der Waals surface area (Å²) in [5.74, 6) is -0.491. The van der Waals surface area contributed by atoms with Crippen LogP contribution in [-0.4, -0.2) is 33.6 Å². The van der Waals surface area contributed by atoms with Crippen LogP contribution in [0.25, 0.3) is 6.08 Å². The van der Waals surface area contributed by atoms with Crippen LogP contribution in [0.1, 0.15) is 28.4 Å². The molecule has 0 radical (unpaired) electrons. The van der Waals surface area contributed by atoms with E-state index in [9.17, 15) is 14.7 Å². The van der Waals surface area contributed by atoms with E-state index in [0.717, 1.165) is 15.6 Å². The minimum absolute atomic E-state index is 0.142. The van der Waals surface area contributed by atoms with Gasteiger partial charge in [-0.05, 0) is 94.3 Å². The fourth-order valence-electron chi connectivity index (χ4n) is 3.31. The Morgan fingerprint density at radius 1 is 1.17 bits per heavy atom. The predicted octanol–water partition coefficient (Wildman–Crippen LogP) is 7.00. The molecule has 35 heavy (non-hydrogen) atoms. The number of carbonyl (C=O) groups excluding carboxylic acids is 1. The first-order valence-corrected chi connectivity index (χ1v) is 12.6. The molecule has 0 aromatic heterocycles. The van der Waals surface area contributed by atoms with Gasteiger partial charge in [-0.1, -0.05) is 35.9 Å². The molecule has 1 aliphatic heterocycles. The van der Waals surface area contributed by atoms with Crippen LogP contribution < -0.4 is 4.74 Å². The van der Waals surface area contributed by atoms with Crippen LogP contribution in [0.4, 0.5) is 5.69 Å². The van der Waals surface area contributed by atoms with Gasteiger partial charge in [-0.15, -0.1) is 0 Å². The van der Waals surface area contributed by atoms with E-state index in [0.29, 0.717) is 39.7 Å². The summed E-state index contributed by atoms with van der Waals surface area (Å²) in [6.45, 7) is 2.72. The van der Waals surface area contributed by atoms with E-state index in [-0.39, 0.29) is 11.5 Å². The maximum Gasteiger partial charge on any atom is 0.335 e. The Hall–Kier alpha value is -3.07. The zero-order chi connectivity index (χ0) is 24.9. The lowest BCUT2D eigenvalue weighted by molar-refractivity contribution is -0.122. The molecule has 1 saturated heterocycles. The zero-order valence-corrected chi connectivity index (χ0v) is 21.7. The van der Waals surface area contributed by atoms with E-state index in [1.807, 2.05) is 49.4 Å². The number of aliphatic imine (C=N–C) groups is 1. The molecule has 0 bridgehead atoms. The molecule has 178 valence electrons. The molecule has 0 unspecified atom stereocenters. The molecule has 9 heteroatoms. The third kappa shape index (κ3) is 6.14. The minimum Gasteiger partial charge on any atom is -0.488 e. The zero-order valence-electron chi connectivity index (χ0n) is 18.6. The van der Waals surface area contributed by atoms with Crippen LogP contribution in [0.2, 0.25) is 5.02 Å². The maximum atomic E-state index is 13.0. The number of thioether (sulfide) groups is 1. The Morgan fingerprint density at radius 2 is 1.94 bits per heavy atom. The first-order valence-electron chi connectivity index (χ1n) is 10.6. The number of carboxylic acid groups (broad SMARTS) is 1. The third-order valence-corrected chi connectivity index (χ3v) is 6.96. The summed E-state index contributed by atoms with van der Waals surface area (Å²) in [5.41, 5.74) is 2.45. The highest BCUT2D eigenvalue weighted by Gasteiger charge is 2.32. The molecule has 4 rings (SSSR count). The normalized spacial score (nSPS) is 15.7. The van der Waals surface area contributed by atoms with Crippen molar-refractivity contribution >= 4 is 68.1 Å². The molecule has 1 heterocycles. The Kier molecular flexibility index (Phi) is 7.95. The second kappa shape index (κ2) is 11.1. The standard InChI is InChI=1S/C26H20BrClN2O4S/c1-2-30-24(31)23(35-26(30)29-20-5-3-4-18(14-20)25(32)33)13-17-8-11-22(21(27)12-17)34-15-16-6-9-19(28)10-7-16/h3-14H,2,15H2,1H3,(H,32,33)/b23-13+,29-26?. The van der Waals surface area contributed by atoms with Crippen LogP contribution in [0, 0.1) is 0 Å². The van der Waals surface area contributed by atoms with Gasteiger partial charge >= 0.3 is 5.97 Å². The highest BCUT2D eigenvalue weighted by molar-refractivity contribution is 9.10. The molecular formula is C26H20BrClN2O4S. The molecule has 3 aromatic carbocycles. The number of halogens is 2. The SMILES string of the molecule is CCN1C(=O)/C(=C\c2ccc(OCc3ccc(Cl)cc3)c(Br)c2)SC1=Nc1cccc(C(=O)O)c1. The first-order chi connectivity index (χ1) is 16.8. The molecule has 0 aliphatic carbocycles. The number of likely N-dealkylation sites (N-methyl/N-ethyl adjacent to an activating group) is 1. The van der Waals surface area contributed by atoms with Gasteiger partial charge in [-0.25, -0.2) is 9.79 Å². The van der Waals surface area contributed by atoms with Gasteiger partial charge in [0.2, 0.25) is 0 Å². The van der Waals surface area contributed by atoms with Gasteiger partial charge in [-0.2, -0.15) is 0 Å². The number of carboxylic acids is 1. The van der Waals surface area contributed by atoms with E-state index in [1.165, 1.54) is 23.9 Å². The average molecular weight is 572 g/mol. The Labute approximate surface area is 220 Å². The van der Waals surface area contributed by atoms with Gasteiger partial charge < -0.3 is 9.84 Å². The summed E-state index contributed by atoms with van der Waals surface area (Å²) in [5, 5.41) is 10.4.